The van der Waals surface area contributed by atoms with Gasteiger partial charge < -0.3 is 33.2 Å². The molecule has 0 radical (unpaired) electrons. The zero-order chi connectivity index (χ0) is 26.0. The Morgan fingerprint density at radius 2 is 1.08 bits per heavy atom. The third-order valence-corrected chi connectivity index (χ3v) is 6.12. The minimum atomic E-state index is -0.420. The number of hydrogen-bond acceptors (Lipinski definition) is 8. The van der Waals surface area contributed by atoms with E-state index < -0.39 is 5.97 Å². The monoisotopic (exact) mass is 514 g/mol. The minimum Gasteiger partial charge on any atom is -0.494 e. The molecule has 2 aromatic rings. The lowest BCUT2D eigenvalue weighted by Crippen LogP contribution is -2.15. The molecular formula is C29H38O8. The molecule has 0 amide bonds. The van der Waals surface area contributed by atoms with Crippen molar-refractivity contribution in [3.8, 4) is 17.2 Å². The zero-order valence-electron chi connectivity index (χ0n) is 21.9. The molecule has 2 saturated heterocycles. The van der Waals surface area contributed by atoms with E-state index in [4.69, 9.17) is 33.2 Å². The summed E-state index contributed by atoms with van der Waals surface area (Å²) in [5, 5.41) is 0. The topological polar surface area (TPSA) is 88.3 Å². The fraction of sp³-hybridized carbons (Fsp3) is 0.552. The smallest absolute Gasteiger partial charge is 0.343 e. The summed E-state index contributed by atoms with van der Waals surface area (Å²) in [6, 6.07) is 14.0. The predicted octanol–water partition coefficient (Wildman–Crippen LogP) is 4.83. The Morgan fingerprint density at radius 1 is 0.676 bits per heavy atom. The van der Waals surface area contributed by atoms with Gasteiger partial charge in [0.25, 0.3) is 0 Å². The van der Waals surface area contributed by atoms with Gasteiger partial charge in [-0.25, -0.2) is 4.79 Å². The van der Waals surface area contributed by atoms with Crippen molar-refractivity contribution in [1.82, 2.24) is 0 Å². The summed E-state index contributed by atoms with van der Waals surface area (Å²) in [4.78, 5) is 12.5. The first kappa shape index (κ1) is 27.4. The quantitative estimate of drug-likeness (QED) is 0.121. The number of carbonyl (C=O) groups is 1. The molecule has 2 aromatic carbocycles. The van der Waals surface area contributed by atoms with Crippen LogP contribution in [-0.4, -0.2) is 70.0 Å². The number of carbonyl (C=O) groups excluding carboxylic acids is 1. The number of benzene rings is 2. The highest BCUT2D eigenvalue weighted by atomic mass is 16.6. The van der Waals surface area contributed by atoms with Crippen LogP contribution in [0.15, 0.2) is 48.5 Å². The highest BCUT2D eigenvalue weighted by Gasteiger charge is 2.39. The van der Waals surface area contributed by atoms with Gasteiger partial charge in [-0.05, 0) is 88.1 Å². The molecule has 0 saturated carbocycles. The predicted molar refractivity (Wildman–Crippen MR) is 138 cm³/mol. The van der Waals surface area contributed by atoms with E-state index in [2.05, 4.69) is 13.8 Å². The van der Waals surface area contributed by atoms with Gasteiger partial charge in [-0.1, -0.05) is 0 Å². The van der Waals surface area contributed by atoms with Crippen molar-refractivity contribution in [2.24, 2.45) is 0 Å². The first-order valence-corrected chi connectivity index (χ1v) is 13.0. The second kappa shape index (κ2) is 13.2. The van der Waals surface area contributed by atoms with Crippen LogP contribution in [0.5, 0.6) is 17.2 Å². The molecule has 0 spiro atoms. The van der Waals surface area contributed by atoms with Crippen LogP contribution in [0.25, 0.3) is 0 Å². The molecule has 8 heteroatoms. The van der Waals surface area contributed by atoms with Crippen molar-refractivity contribution in [1.29, 1.82) is 0 Å². The molecule has 0 aromatic heterocycles. The molecule has 2 unspecified atom stereocenters. The highest BCUT2D eigenvalue weighted by Crippen LogP contribution is 2.26. The molecule has 0 N–H and O–H groups in total. The standard InChI is InChI=1S/C29H38O8/c1-28(21-35-28)19-31-15-3-5-17-33-24-9-7-23(8-10-24)27(30)37-26-13-11-25(12-14-26)34-18-6-4-16-32-20-29(2)22-36-29/h7-14H,3-6,15-22H2,1-2H3. The van der Waals surface area contributed by atoms with E-state index in [1.54, 1.807) is 48.5 Å². The van der Waals surface area contributed by atoms with Gasteiger partial charge in [0.1, 0.15) is 28.5 Å². The molecule has 2 heterocycles. The van der Waals surface area contributed by atoms with Crippen LogP contribution >= 0.6 is 0 Å². The second-order valence-corrected chi connectivity index (χ2v) is 10.1. The summed E-state index contributed by atoms with van der Waals surface area (Å²) in [6.45, 7) is 9.58. The average Bonchev–Trinajstić information content (AvgIpc) is 3.83. The third kappa shape index (κ3) is 9.97. The van der Waals surface area contributed by atoms with Crippen molar-refractivity contribution < 1.29 is 38.0 Å². The molecule has 202 valence electrons. The molecule has 0 bridgehead atoms. The summed E-state index contributed by atoms with van der Waals surface area (Å²) in [6.07, 6.45) is 3.65. The lowest BCUT2D eigenvalue weighted by Gasteiger charge is -2.10. The number of epoxide rings is 2. The van der Waals surface area contributed by atoms with E-state index in [1.807, 2.05) is 0 Å². The van der Waals surface area contributed by atoms with Crippen molar-refractivity contribution in [3.05, 3.63) is 54.1 Å². The number of hydrogen-bond donors (Lipinski definition) is 0. The molecule has 2 fully saturated rings. The Morgan fingerprint density at radius 3 is 1.54 bits per heavy atom. The van der Waals surface area contributed by atoms with Crippen LogP contribution in [0.3, 0.4) is 0 Å². The van der Waals surface area contributed by atoms with Crippen LogP contribution in [0.4, 0.5) is 0 Å². The summed E-state index contributed by atoms with van der Waals surface area (Å²) >= 11 is 0. The lowest BCUT2D eigenvalue weighted by atomic mass is 10.2. The van der Waals surface area contributed by atoms with Crippen LogP contribution in [0.2, 0.25) is 0 Å². The SMILES string of the molecule is CC1(COCCCCOc2ccc(OC(=O)c3ccc(OCCCCOCC4(C)CO4)cc3)cc2)CO1. The Kier molecular flexibility index (Phi) is 9.80. The Bertz CT molecular complexity index is 964. The van der Waals surface area contributed by atoms with E-state index in [9.17, 15) is 4.79 Å². The number of esters is 1. The molecule has 2 aliphatic heterocycles. The van der Waals surface area contributed by atoms with Crippen molar-refractivity contribution in [2.45, 2.75) is 50.7 Å². The van der Waals surface area contributed by atoms with E-state index in [1.165, 1.54) is 0 Å². The summed E-state index contributed by atoms with van der Waals surface area (Å²) in [5.41, 5.74) is 0.346. The molecule has 2 atom stereocenters. The fourth-order valence-electron chi connectivity index (χ4n) is 3.44. The van der Waals surface area contributed by atoms with Crippen LogP contribution in [0, 0.1) is 0 Å². The van der Waals surface area contributed by atoms with Gasteiger partial charge in [0.15, 0.2) is 0 Å². The van der Waals surface area contributed by atoms with Gasteiger partial charge >= 0.3 is 5.97 Å². The summed E-state index contributed by atoms with van der Waals surface area (Å²) in [5.74, 6) is 1.50. The maximum absolute atomic E-state index is 12.5. The highest BCUT2D eigenvalue weighted by molar-refractivity contribution is 5.91. The first-order valence-electron chi connectivity index (χ1n) is 13.0. The zero-order valence-corrected chi connectivity index (χ0v) is 21.9. The second-order valence-electron chi connectivity index (χ2n) is 10.1. The Labute approximate surface area is 219 Å². The van der Waals surface area contributed by atoms with Crippen molar-refractivity contribution >= 4 is 5.97 Å². The molecule has 4 rings (SSSR count). The molecule has 37 heavy (non-hydrogen) atoms. The first-order chi connectivity index (χ1) is 17.9. The van der Waals surface area contributed by atoms with E-state index in [-0.39, 0.29) is 11.2 Å². The maximum Gasteiger partial charge on any atom is 0.343 e. The number of ether oxygens (including phenoxy) is 7. The van der Waals surface area contributed by atoms with Crippen LogP contribution in [0.1, 0.15) is 49.9 Å². The van der Waals surface area contributed by atoms with Gasteiger partial charge in [0.05, 0.1) is 45.2 Å². The van der Waals surface area contributed by atoms with Gasteiger partial charge in [0, 0.05) is 13.2 Å². The summed E-state index contributed by atoms with van der Waals surface area (Å²) < 4.78 is 38.8. The maximum atomic E-state index is 12.5. The fourth-order valence-corrected chi connectivity index (χ4v) is 3.44. The van der Waals surface area contributed by atoms with Crippen molar-refractivity contribution in [2.75, 3.05) is 52.9 Å². The summed E-state index contributed by atoms with van der Waals surface area (Å²) in [7, 11) is 0. The Balaban J connectivity index is 1.06. The number of unbranched alkanes of at least 4 members (excludes halogenated alkanes) is 2. The van der Waals surface area contributed by atoms with Crippen LogP contribution in [-0.2, 0) is 18.9 Å². The molecular weight excluding hydrogens is 476 g/mol. The van der Waals surface area contributed by atoms with Gasteiger partial charge in [-0.15, -0.1) is 0 Å². The lowest BCUT2D eigenvalue weighted by molar-refractivity contribution is 0.0734. The van der Waals surface area contributed by atoms with E-state index >= 15 is 0 Å². The third-order valence-electron chi connectivity index (χ3n) is 6.12. The average molecular weight is 515 g/mol. The van der Waals surface area contributed by atoms with Gasteiger partial charge in [-0.2, -0.15) is 0 Å². The van der Waals surface area contributed by atoms with Crippen LogP contribution < -0.4 is 14.2 Å². The Hall–Kier alpha value is -2.65. The van der Waals surface area contributed by atoms with Gasteiger partial charge in [-0.3, -0.25) is 0 Å². The van der Waals surface area contributed by atoms with E-state index in [0.717, 1.165) is 50.4 Å². The van der Waals surface area contributed by atoms with Gasteiger partial charge in [0.2, 0.25) is 0 Å². The van der Waals surface area contributed by atoms with Crippen molar-refractivity contribution in [3.63, 3.8) is 0 Å². The molecule has 8 nitrogen and oxygen atoms in total. The number of rotatable bonds is 18. The normalized spacial score (nSPS) is 21.9. The largest absolute Gasteiger partial charge is 0.494 e. The minimum absolute atomic E-state index is 0.0556. The molecule has 0 aliphatic carbocycles. The molecule has 2 aliphatic rings. The van der Waals surface area contributed by atoms with E-state index in [0.29, 0.717) is 51.0 Å².